The van der Waals surface area contributed by atoms with Crippen LogP contribution < -0.4 is 5.32 Å². The van der Waals surface area contributed by atoms with Crippen molar-refractivity contribution in [2.45, 2.75) is 37.8 Å². The molecular weight excluding hydrogens is 330 g/mol. The van der Waals surface area contributed by atoms with Crippen LogP contribution >= 0.6 is 15.9 Å². The summed E-state index contributed by atoms with van der Waals surface area (Å²) in [6.07, 6.45) is 5.51. The molecule has 0 bridgehead atoms. The SMILES string of the molecule is C[C@@H](Cn1cccn1)NC(=O)C1(c2ccc(Br)cc2)CC1. The molecule has 21 heavy (non-hydrogen) atoms. The number of amides is 1. The molecule has 1 atom stereocenters. The van der Waals surface area contributed by atoms with E-state index in [-0.39, 0.29) is 17.4 Å². The molecule has 0 aliphatic heterocycles. The second-order valence-electron chi connectivity index (χ2n) is 5.69. The number of hydrogen-bond acceptors (Lipinski definition) is 2. The number of nitrogens with one attached hydrogen (secondary N) is 1. The lowest BCUT2D eigenvalue weighted by molar-refractivity contribution is -0.124. The van der Waals surface area contributed by atoms with Crippen molar-refractivity contribution < 1.29 is 4.79 Å². The Balaban J connectivity index is 1.66. The van der Waals surface area contributed by atoms with Crippen molar-refractivity contribution in [3.63, 3.8) is 0 Å². The second kappa shape index (κ2) is 5.64. The van der Waals surface area contributed by atoms with Gasteiger partial charge in [0, 0.05) is 22.9 Å². The minimum absolute atomic E-state index is 0.0605. The number of carbonyl (C=O) groups excluding carboxylic acids is 1. The van der Waals surface area contributed by atoms with Crippen LogP contribution in [0, 0.1) is 0 Å². The first-order valence-electron chi connectivity index (χ1n) is 7.15. The Morgan fingerprint density at radius 1 is 1.43 bits per heavy atom. The van der Waals surface area contributed by atoms with Crippen LogP contribution in [-0.4, -0.2) is 21.7 Å². The first-order valence-corrected chi connectivity index (χ1v) is 7.94. The van der Waals surface area contributed by atoms with Crippen LogP contribution in [0.15, 0.2) is 47.2 Å². The van der Waals surface area contributed by atoms with E-state index in [1.54, 1.807) is 6.20 Å². The zero-order chi connectivity index (χ0) is 14.9. The van der Waals surface area contributed by atoms with Crippen LogP contribution in [0.4, 0.5) is 0 Å². The van der Waals surface area contributed by atoms with E-state index in [1.807, 2.05) is 48.1 Å². The summed E-state index contributed by atoms with van der Waals surface area (Å²) in [4.78, 5) is 12.6. The molecule has 4 nitrogen and oxygen atoms in total. The molecule has 5 heteroatoms. The molecule has 1 saturated carbocycles. The number of benzene rings is 1. The highest BCUT2D eigenvalue weighted by Crippen LogP contribution is 2.48. The number of carbonyl (C=O) groups is 1. The fourth-order valence-corrected chi connectivity index (χ4v) is 2.90. The van der Waals surface area contributed by atoms with Crippen LogP contribution in [0.2, 0.25) is 0 Å². The van der Waals surface area contributed by atoms with Gasteiger partial charge in [-0.05, 0) is 43.5 Å². The van der Waals surface area contributed by atoms with Gasteiger partial charge in [0.2, 0.25) is 5.91 Å². The highest BCUT2D eigenvalue weighted by molar-refractivity contribution is 9.10. The molecule has 1 fully saturated rings. The smallest absolute Gasteiger partial charge is 0.230 e. The highest BCUT2D eigenvalue weighted by Gasteiger charge is 2.51. The average molecular weight is 348 g/mol. The van der Waals surface area contributed by atoms with Gasteiger partial charge in [0.15, 0.2) is 0 Å². The van der Waals surface area contributed by atoms with E-state index < -0.39 is 0 Å². The van der Waals surface area contributed by atoms with E-state index in [1.165, 1.54) is 0 Å². The third kappa shape index (κ3) is 3.02. The molecule has 0 radical (unpaired) electrons. The topological polar surface area (TPSA) is 46.9 Å². The first-order chi connectivity index (χ1) is 10.1. The third-order valence-corrected chi connectivity index (χ3v) is 4.51. The summed E-state index contributed by atoms with van der Waals surface area (Å²) in [6.45, 7) is 2.70. The van der Waals surface area contributed by atoms with Gasteiger partial charge < -0.3 is 5.32 Å². The zero-order valence-corrected chi connectivity index (χ0v) is 13.5. The maximum atomic E-state index is 12.6. The van der Waals surface area contributed by atoms with Crippen LogP contribution in [0.3, 0.4) is 0 Å². The van der Waals surface area contributed by atoms with Gasteiger partial charge in [-0.15, -0.1) is 0 Å². The molecule has 3 rings (SSSR count). The summed E-state index contributed by atoms with van der Waals surface area (Å²) in [5, 5.41) is 7.29. The number of aromatic nitrogens is 2. The van der Waals surface area contributed by atoms with Crippen molar-refractivity contribution in [1.82, 2.24) is 15.1 Å². The van der Waals surface area contributed by atoms with E-state index in [0.717, 1.165) is 22.9 Å². The Morgan fingerprint density at radius 3 is 2.71 bits per heavy atom. The zero-order valence-electron chi connectivity index (χ0n) is 11.9. The van der Waals surface area contributed by atoms with Crippen LogP contribution in [-0.2, 0) is 16.8 Å². The number of nitrogens with zero attached hydrogens (tertiary/aromatic N) is 2. The van der Waals surface area contributed by atoms with Crippen LogP contribution in [0.25, 0.3) is 0 Å². The lowest BCUT2D eigenvalue weighted by atomic mass is 9.95. The summed E-state index contributed by atoms with van der Waals surface area (Å²) in [5.41, 5.74) is 0.786. The Kier molecular flexibility index (Phi) is 3.85. The van der Waals surface area contributed by atoms with Gasteiger partial charge in [0.25, 0.3) is 0 Å². The molecule has 1 amide bonds. The molecule has 1 aromatic carbocycles. The predicted molar refractivity (Wildman–Crippen MR) is 84.9 cm³/mol. The summed E-state index contributed by atoms with van der Waals surface area (Å²) >= 11 is 3.43. The lowest BCUT2D eigenvalue weighted by Gasteiger charge is -2.20. The van der Waals surface area contributed by atoms with Crippen molar-refractivity contribution in [3.8, 4) is 0 Å². The third-order valence-electron chi connectivity index (χ3n) is 3.98. The number of hydrogen-bond donors (Lipinski definition) is 1. The molecule has 1 aliphatic rings. The first kappa shape index (κ1) is 14.3. The van der Waals surface area contributed by atoms with Crippen molar-refractivity contribution in [3.05, 3.63) is 52.8 Å². The molecule has 0 unspecified atom stereocenters. The maximum Gasteiger partial charge on any atom is 0.230 e. The average Bonchev–Trinajstić information content (AvgIpc) is 3.12. The van der Waals surface area contributed by atoms with E-state index in [9.17, 15) is 4.79 Å². The van der Waals surface area contributed by atoms with Gasteiger partial charge in [0.05, 0.1) is 12.0 Å². The number of rotatable bonds is 5. The van der Waals surface area contributed by atoms with Crippen molar-refractivity contribution >= 4 is 21.8 Å². The second-order valence-corrected chi connectivity index (χ2v) is 6.61. The van der Waals surface area contributed by atoms with Gasteiger partial charge in [0.1, 0.15) is 0 Å². The minimum Gasteiger partial charge on any atom is -0.351 e. The fraction of sp³-hybridized carbons (Fsp3) is 0.375. The van der Waals surface area contributed by atoms with E-state index >= 15 is 0 Å². The molecular formula is C16H18BrN3O. The molecule has 0 spiro atoms. The maximum absolute atomic E-state index is 12.6. The highest BCUT2D eigenvalue weighted by atomic mass is 79.9. The minimum atomic E-state index is -0.320. The van der Waals surface area contributed by atoms with Gasteiger partial charge in [-0.2, -0.15) is 5.10 Å². The molecule has 1 heterocycles. The van der Waals surface area contributed by atoms with Gasteiger partial charge in [-0.25, -0.2) is 0 Å². The van der Waals surface area contributed by atoms with Crippen molar-refractivity contribution in [2.75, 3.05) is 0 Å². The number of halogens is 1. The standard InChI is InChI=1S/C16H18BrN3O/c1-12(11-20-10-2-9-18-20)19-15(21)16(7-8-16)13-3-5-14(17)6-4-13/h2-6,9-10,12H,7-8,11H2,1H3,(H,19,21)/t12-/m0/s1. The fourth-order valence-electron chi connectivity index (χ4n) is 2.64. The Labute approximate surface area is 132 Å². The summed E-state index contributed by atoms with van der Waals surface area (Å²) in [5.74, 6) is 0.129. The monoisotopic (exact) mass is 347 g/mol. The summed E-state index contributed by atoms with van der Waals surface area (Å²) < 4.78 is 2.87. The normalized spacial score (nSPS) is 17.2. The van der Waals surface area contributed by atoms with Crippen LogP contribution in [0.5, 0.6) is 0 Å². The van der Waals surface area contributed by atoms with Crippen molar-refractivity contribution in [1.29, 1.82) is 0 Å². The van der Waals surface area contributed by atoms with Crippen molar-refractivity contribution in [2.24, 2.45) is 0 Å². The van der Waals surface area contributed by atoms with E-state index in [4.69, 9.17) is 0 Å². The molecule has 0 saturated heterocycles. The Morgan fingerprint density at radius 2 is 2.14 bits per heavy atom. The molecule has 1 aliphatic carbocycles. The summed E-state index contributed by atoms with van der Waals surface area (Å²) in [7, 11) is 0. The van der Waals surface area contributed by atoms with Gasteiger partial charge in [-0.3, -0.25) is 9.48 Å². The molecule has 2 aromatic rings. The summed E-state index contributed by atoms with van der Waals surface area (Å²) in [6, 6.07) is 10.0. The largest absolute Gasteiger partial charge is 0.351 e. The lowest BCUT2D eigenvalue weighted by Crippen LogP contribution is -2.42. The molecule has 1 N–H and O–H groups in total. The van der Waals surface area contributed by atoms with Gasteiger partial charge in [-0.1, -0.05) is 28.1 Å². The Hall–Kier alpha value is -1.62. The van der Waals surface area contributed by atoms with E-state index in [2.05, 4.69) is 26.3 Å². The quantitative estimate of drug-likeness (QED) is 0.903. The Bertz CT molecular complexity index is 617. The van der Waals surface area contributed by atoms with E-state index in [0.29, 0.717) is 6.54 Å². The predicted octanol–water partition coefficient (Wildman–Crippen LogP) is 2.88. The van der Waals surface area contributed by atoms with Gasteiger partial charge >= 0.3 is 0 Å². The molecule has 110 valence electrons. The molecule has 1 aromatic heterocycles. The van der Waals surface area contributed by atoms with Crippen LogP contribution in [0.1, 0.15) is 25.3 Å².